The lowest BCUT2D eigenvalue weighted by molar-refractivity contribution is -0.137. The molecule has 49 heavy (non-hydrogen) atoms. The van der Waals surface area contributed by atoms with Crippen molar-refractivity contribution < 1.29 is 27.5 Å². The molecular weight excluding hydrogens is 680 g/mol. The molecule has 3 amide bonds. The lowest BCUT2D eigenvalue weighted by atomic mass is 9.93. The molecule has 1 saturated heterocycles. The van der Waals surface area contributed by atoms with E-state index in [1.807, 2.05) is 43.3 Å². The van der Waals surface area contributed by atoms with Crippen molar-refractivity contribution in [3.63, 3.8) is 0 Å². The monoisotopic (exact) mass is 718 g/mol. The number of nitrogens with zero attached hydrogens (tertiary/aromatic N) is 5. The summed E-state index contributed by atoms with van der Waals surface area (Å²) in [6.07, 6.45) is -4.60. The molecule has 1 fully saturated rings. The van der Waals surface area contributed by atoms with Gasteiger partial charge in [0.05, 0.1) is 30.3 Å². The Morgan fingerprint density at radius 2 is 1.51 bits per heavy atom. The number of aliphatic imine (C=N–C) groups is 1. The van der Waals surface area contributed by atoms with Gasteiger partial charge in [-0.2, -0.15) is 13.2 Å². The second-order valence-electron chi connectivity index (χ2n) is 12.1. The highest BCUT2D eigenvalue weighted by Gasteiger charge is 2.45. The third kappa shape index (κ3) is 8.67. The zero-order valence-electron chi connectivity index (χ0n) is 27.5. The number of rotatable bonds is 10. The quantitative estimate of drug-likeness (QED) is 0.247. The number of nitrogens with one attached hydrogen (secondary N) is 1. The molecule has 2 aliphatic heterocycles. The number of ether oxygens (including phenoxy) is 1. The maximum atomic E-state index is 14.7. The first-order valence-corrected chi connectivity index (χ1v) is 16.8. The van der Waals surface area contributed by atoms with Gasteiger partial charge >= 0.3 is 12.2 Å². The van der Waals surface area contributed by atoms with Crippen molar-refractivity contribution in [2.24, 2.45) is 4.99 Å². The molecular formula is C35H39Cl2F3N6O3. The zero-order valence-corrected chi connectivity index (χ0v) is 29.0. The van der Waals surface area contributed by atoms with Crippen LogP contribution in [0.15, 0.2) is 71.7 Å². The Kier molecular flexibility index (Phi) is 11.7. The minimum absolute atomic E-state index is 0.0438. The summed E-state index contributed by atoms with van der Waals surface area (Å²) in [5.74, 6) is 0.0746. The van der Waals surface area contributed by atoms with Gasteiger partial charge in [-0.15, -0.1) is 0 Å². The summed E-state index contributed by atoms with van der Waals surface area (Å²) in [6.45, 7) is 4.61. The second-order valence-corrected chi connectivity index (χ2v) is 13.0. The fraction of sp³-hybridized carbons (Fsp3) is 0.400. The van der Waals surface area contributed by atoms with Crippen molar-refractivity contribution in [2.45, 2.75) is 25.2 Å². The van der Waals surface area contributed by atoms with E-state index < -0.39 is 29.9 Å². The molecule has 0 saturated carbocycles. The van der Waals surface area contributed by atoms with Crippen LogP contribution in [0, 0.1) is 0 Å². The maximum absolute atomic E-state index is 14.7. The van der Waals surface area contributed by atoms with E-state index in [9.17, 15) is 22.8 Å². The zero-order chi connectivity index (χ0) is 35.3. The second kappa shape index (κ2) is 15.8. The van der Waals surface area contributed by atoms with Crippen LogP contribution in [0.3, 0.4) is 0 Å². The summed E-state index contributed by atoms with van der Waals surface area (Å²) in [4.78, 5) is 39.6. The Bertz CT molecular complexity index is 1650. The van der Waals surface area contributed by atoms with E-state index in [-0.39, 0.29) is 49.3 Å². The minimum Gasteiger partial charge on any atom is -0.493 e. The molecule has 2 aliphatic rings. The number of benzene rings is 3. The first kappa shape index (κ1) is 36.4. The highest BCUT2D eigenvalue weighted by atomic mass is 35.5. The van der Waals surface area contributed by atoms with E-state index in [0.29, 0.717) is 29.7 Å². The summed E-state index contributed by atoms with van der Waals surface area (Å²) in [7, 11) is 3.92. The number of carbonyl (C=O) groups excluding carboxylic acids is 2. The van der Waals surface area contributed by atoms with E-state index in [0.717, 1.165) is 29.8 Å². The average Bonchev–Trinajstić information content (AvgIpc) is 3.47. The number of hydrogen-bond donors (Lipinski definition) is 1. The molecule has 0 spiro atoms. The molecule has 5 rings (SSSR count). The van der Waals surface area contributed by atoms with Crippen LogP contribution in [0.5, 0.6) is 5.75 Å². The molecule has 3 aromatic rings. The molecule has 2 unspecified atom stereocenters. The number of alkyl halides is 3. The molecule has 14 heteroatoms. The van der Waals surface area contributed by atoms with E-state index in [1.54, 1.807) is 41.0 Å². The number of carbonyl (C=O) groups is 2. The highest BCUT2D eigenvalue weighted by Crippen LogP contribution is 2.46. The number of amides is 3. The Morgan fingerprint density at radius 3 is 2.08 bits per heavy atom. The Morgan fingerprint density at radius 1 is 0.918 bits per heavy atom. The number of halogens is 5. The van der Waals surface area contributed by atoms with Crippen LogP contribution in [0.2, 0.25) is 10.0 Å². The van der Waals surface area contributed by atoms with E-state index in [1.165, 1.54) is 11.0 Å². The van der Waals surface area contributed by atoms with Gasteiger partial charge < -0.3 is 24.8 Å². The largest absolute Gasteiger partial charge is 0.493 e. The van der Waals surface area contributed by atoms with Crippen molar-refractivity contribution in [1.82, 2.24) is 24.9 Å². The van der Waals surface area contributed by atoms with Crippen LogP contribution in [0.25, 0.3) is 0 Å². The number of hydrogen-bond acceptors (Lipinski definition) is 6. The molecule has 0 radical (unpaired) electrons. The number of likely N-dealkylation sites (N-methyl/N-ethyl adjacent to an activating group) is 1. The van der Waals surface area contributed by atoms with Crippen molar-refractivity contribution in [3.05, 3.63) is 99.0 Å². The molecule has 0 aliphatic carbocycles. The van der Waals surface area contributed by atoms with Crippen LogP contribution in [-0.4, -0.2) is 104 Å². The van der Waals surface area contributed by atoms with Gasteiger partial charge in [0.25, 0.3) is 0 Å². The van der Waals surface area contributed by atoms with Gasteiger partial charge in [-0.3, -0.25) is 14.7 Å². The van der Waals surface area contributed by atoms with Gasteiger partial charge in [-0.05, 0) is 74.6 Å². The molecule has 0 aromatic heterocycles. The molecule has 3 aromatic carbocycles. The van der Waals surface area contributed by atoms with Gasteiger partial charge in [0.15, 0.2) is 0 Å². The van der Waals surface area contributed by atoms with Crippen LogP contribution in [-0.2, 0) is 11.0 Å². The van der Waals surface area contributed by atoms with Crippen molar-refractivity contribution in [3.8, 4) is 5.75 Å². The Hall–Kier alpha value is -3.84. The van der Waals surface area contributed by atoms with Gasteiger partial charge in [0.2, 0.25) is 5.91 Å². The van der Waals surface area contributed by atoms with E-state index >= 15 is 0 Å². The first-order chi connectivity index (χ1) is 23.4. The lowest BCUT2D eigenvalue weighted by Crippen LogP contribution is -2.56. The average molecular weight is 720 g/mol. The maximum Gasteiger partial charge on any atom is 0.416 e. The van der Waals surface area contributed by atoms with Crippen LogP contribution >= 0.6 is 23.2 Å². The minimum atomic E-state index is -4.60. The fourth-order valence-corrected chi connectivity index (χ4v) is 6.17. The van der Waals surface area contributed by atoms with Crippen molar-refractivity contribution in [1.29, 1.82) is 0 Å². The van der Waals surface area contributed by atoms with Crippen LogP contribution in [0.4, 0.5) is 18.0 Å². The van der Waals surface area contributed by atoms with E-state index in [4.69, 9.17) is 32.9 Å². The van der Waals surface area contributed by atoms with Crippen molar-refractivity contribution >= 4 is 41.0 Å². The van der Waals surface area contributed by atoms with Gasteiger partial charge in [0.1, 0.15) is 17.6 Å². The number of piperazine rings is 1. The molecule has 262 valence electrons. The van der Waals surface area contributed by atoms with Crippen molar-refractivity contribution in [2.75, 3.05) is 66.5 Å². The predicted octanol–water partition coefficient (Wildman–Crippen LogP) is 6.37. The Labute approximate surface area is 294 Å². The third-order valence-corrected chi connectivity index (χ3v) is 8.96. The summed E-state index contributed by atoms with van der Waals surface area (Å²) in [6, 6.07) is 15.6. The SMILES string of the molecule is CCOc1cc(C(F)(F)F)ccc1C1=NC(c2ccc(Cl)cc2)C(c2ccc(Cl)cc2)N1C(=O)N1CCN(C(=O)CNCCN(C)C)CC1. The fourth-order valence-electron chi connectivity index (χ4n) is 5.92. The summed E-state index contributed by atoms with van der Waals surface area (Å²) < 4.78 is 47.1. The number of urea groups is 1. The van der Waals surface area contributed by atoms with Gasteiger partial charge in [-0.25, -0.2) is 4.79 Å². The normalized spacial score (nSPS) is 18.2. The molecule has 2 atom stereocenters. The Balaban J connectivity index is 1.52. The first-order valence-electron chi connectivity index (χ1n) is 16.0. The summed E-state index contributed by atoms with van der Waals surface area (Å²) in [5.41, 5.74) is 0.839. The number of amidine groups is 1. The summed E-state index contributed by atoms with van der Waals surface area (Å²) in [5, 5.41) is 4.18. The summed E-state index contributed by atoms with van der Waals surface area (Å²) >= 11 is 12.5. The standard InChI is InChI=1S/C35H39Cl2F3N6O3/c1-4-49-29-21-25(35(38,39)40)9-14-28(29)33-42-31(23-5-10-26(36)11-6-23)32(24-7-12-27(37)13-8-24)46(33)34(48)45-19-17-44(18-20-45)30(47)22-41-15-16-43(2)3/h5-14,21,31-32,41H,4,15-20,22H2,1-3H3. The van der Waals surface area contributed by atoms with Gasteiger partial charge in [-0.1, -0.05) is 47.5 Å². The van der Waals surface area contributed by atoms with E-state index in [2.05, 4.69) is 5.32 Å². The smallest absolute Gasteiger partial charge is 0.416 e. The van der Waals surface area contributed by atoms with Crippen LogP contribution < -0.4 is 10.1 Å². The lowest BCUT2D eigenvalue weighted by Gasteiger charge is -2.39. The highest BCUT2D eigenvalue weighted by molar-refractivity contribution is 6.30. The molecule has 2 heterocycles. The molecule has 0 bridgehead atoms. The van der Waals surface area contributed by atoms with Gasteiger partial charge in [0, 0.05) is 49.3 Å². The third-order valence-electron chi connectivity index (χ3n) is 8.46. The molecule has 1 N–H and O–H groups in total. The van der Waals surface area contributed by atoms with Crippen LogP contribution in [0.1, 0.15) is 41.3 Å². The topological polar surface area (TPSA) is 80.7 Å². The predicted molar refractivity (Wildman–Crippen MR) is 184 cm³/mol. The molecule has 9 nitrogen and oxygen atoms in total.